The molecule has 1 heterocycles. The van der Waals surface area contributed by atoms with Crippen molar-refractivity contribution in [1.82, 2.24) is 4.98 Å². The van der Waals surface area contributed by atoms with Crippen LogP contribution in [-0.2, 0) is 0 Å². The number of nitrogen functional groups attached to an aromatic ring is 1. The zero-order valence-electron chi connectivity index (χ0n) is 9.15. The van der Waals surface area contributed by atoms with Gasteiger partial charge in [-0.1, -0.05) is 0 Å². The second-order valence-corrected chi connectivity index (χ2v) is 3.55. The fourth-order valence-corrected chi connectivity index (χ4v) is 1.35. The molecule has 2 rings (SSSR count). The molecule has 1 amide bonds. The molecule has 0 saturated carbocycles. The third kappa shape index (κ3) is 2.60. The van der Waals surface area contributed by atoms with E-state index in [1.807, 2.05) is 0 Å². The lowest BCUT2D eigenvalue weighted by atomic mass is 10.2. The number of nitrogens with zero attached hydrogens (tertiary/aromatic N) is 1. The highest BCUT2D eigenvalue weighted by atomic mass is 19.1. The SMILES string of the molecule is Nc1ccnc(C(=O)Nc2cc(F)ccc2F)c1. The number of pyridine rings is 1. The van der Waals surface area contributed by atoms with Crippen LogP contribution in [0.15, 0.2) is 36.5 Å². The van der Waals surface area contributed by atoms with Crippen LogP contribution in [0.5, 0.6) is 0 Å². The summed E-state index contributed by atoms with van der Waals surface area (Å²) in [5.41, 5.74) is 5.63. The highest BCUT2D eigenvalue weighted by Crippen LogP contribution is 2.16. The van der Waals surface area contributed by atoms with Crippen LogP contribution in [0.1, 0.15) is 10.5 Å². The molecule has 1 aromatic carbocycles. The van der Waals surface area contributed by atoms with Crippen molar-refractivity contribution in [2.45, 2.75) is 0 Å². The first-order valence-corrected chi connectivity index (χ1v) is 5.04. The summed E-state index contributed by atoms with van der Waals surface area (Å²) in [5, 5.41) is 2.22. The van der Waals surface area contributed by atoms with E-state index in [0.717, 1.165) is 18.2 Å². The standard InChI is InChI=1S/C12H9F2N3O/c13-7-1-2-9(14)10(5-7)17-12(18)11-6-8(15)3-4-16-11/h1-6H,(H2,15,16)(H,17,18). The van der Waals surface area contributed by atoms with Crippen molar-refractivity contribution in [3.63, 3.8) is 0 Å². The van der Waals surface area contributed by atoms with Gasteiger partial charge in [0.2, 0.25) is 0 Å². The molecule has 2 aromatic rings. The van der Waals surface area contributed by atoms with E-state index in [1.54, 1.807) is 0 Å². The summed E-state index contributed by atoms with van der Waals surface area (Å²) < 4.78 is 26.2. The van der Waals surface area contributed by atoms with Crippen LogP contribution in [0.25, 0.3) is 0 Å². The number of carbonyl (C=O) groups excluding carboxylic acids is 1. The Bertz CT molecular complexity index is 602. The molecule has 92 valence electrons. The normalized spacial score (nSPS) is 10.1. The van der Waals surface area contributed by atoms with E-state index >= 15 is 0 Å². The maximum Gasteiger partial charge on any atom is 0.274 e. The average Bonchev–Trinajstić information content (AvgIpc) is 2.34. The van der Waals surface area contributed by atoms with E-state index < -0.39 is 17.5 Å². The quantitative estimate of drug-likeness (QED) is 0.857. The Balaban J connectivity index is 2.24. The molecule has 0 unspecified atom stereocenters. The van der Waals surface area contributed by atoms with Gasteiger partial charge in [-0.25, -0.2) is 8.78 Å². The van der Waals surface area contributed by atoms with Crippen LogP contribution >= 0.6 is 0 Å². The van der Waals surface area contributed by atoms with E-state index in [4.69, 9.17) is 5.73 Å². The number of halogens is 2. The van der Waals surface area contributed by atoms with Gasteiger partial charge in [0, 0.05) is 18.0 Å². The number of rotatable bonds is 2. The molecule has 4 nitrogen and oxygen atoms in total. The highest BCUT2D eigenvalue weighted by Gasteiger charge is 2.11. The predicted molar refractivity (Wildman–Crippen MR) is 63.0 cm³/mol. The fourth-order valence-electron chi connectivity index (χ4n) is 1.35. The summed E-state index contributed by atoms with van der Waals surface area (Å²) in [6, 6.07) is 5.63. The molecule has 18 heavy (non-hydrogen) atoms. The van der Waals surface area contributed by atoms with Gasteiger partial charge >= 0.3 is 0 Å². The molecule has 6 heteroatoms. The Morgan fingerprint density at radius 1 is 1.22 bits per heavy atom. The van der Waals surface area contributed by atoms with Gasteiger partial charge in [-0.05, 0) is 24.3 Å². The van der Waals surface area contributed by atoms with Gasteiger partial charge in [0.05, 0.1) is 5.69 Å². The number of anilines is 2. The Morgan fingerprint density at radius 3 is 2.72 bits per heavy atom. The number of nitrogens with one attached hydrogen (secondary N) is 1. The molecule has 0 radical (unpaired) electrons. The van der Waals surface area contributed by atoms with Crippen molar-refractivity contribution in [2.24, 2.45) is 0 Å². The molecule has 3 N–H and O–H groups in total. The number of nitrogens with two attached hydrogens (primary N) is 1. The fraction of sp³-hybridized carbons (Fsp3) is 0. The molecule has 0 aliphatic carbocycles. The van der Waals surface area contributed by atoms with E-state index in [2.05, 4.69) is 10.3 Å². The molecule has 0 fully saturated rings. The van der Waals surface area contributed by atoms with Crippen molar-refractivity contribution >= 4 is 17.3 Å². The third-order valence-electron chi connectivity index (χ3n) is 2.19. The minimum atomic E-state index is -0.728. The minimum Gasteiger partial charge on any atom is -0.399 e. The van der Waals surface area contributed by atoms with Gasteiger partial charge in [0.15, 0.2) is 0 Å². The first kappa shape index (κ1) is 12.0. The lowest BCUT2D eigenvalue weighted by molar-refractivity contribution is 0.102. The summed E-state index contributed by atoms with van der Waals surface area (Å²) in [6.07, 6.45) is 1.35. The van der Waals surface area contributed by atoms with Gasteiger partial charge < -0.3 is 11.1 Å². The number of hydrogen-bond donors (Lipinski definition) is 2. The molecule has 0 spiro atoms. The summed E-state index contributed by atoms with van der Waals surface area (Å²) in [4.78, 5) is 15.5. The molecule has 0 bridgehead atoms. The smallest absolute Gasteiger partial charge is 0.274 e. The first-order chi connectivity index (χ1) is 8.56. The van der Waals surface area contributed by atoms with Gasteiger partial charge in [-0.2, -0.15) is 0 Å². The number of amides is 1. The second kappa shape index (κ2) is 4.79. The third-order valence-corrected chi connectivity index (χ3v) is 2.19. The minimum absolute atomic E-state index is 0.0265. The van der Waals surface area contributed by atoms with Gasteiger partial charge in [-0.15, -0.1) is 0 Å². The van der Waals surface area contributed by atoms with Crippen molar-refractivity contribution in [3.05, 3.63) is 53.9 Å². The zero-order valence-corrected chi connectivity index (χ0v) is 9.15. The lowest BCUT2D eigenvalue weighted by Gasteiger charge is -2.06. The van der Waals surface area contributed by atoms with E-state index in [0.29, 0.717) is 5.69 Å². The maximum atomic E-state index is 13.3. The largest absolute Gasteiger partial charge is 0.399 e. The monoisotopic (exact) mass is 249 g/mol. The van der Waals surface area contributed by atoms with Crippen LogP contribution in [-0.4, -0.2) is 10.9 Å². The van der Waals surface area contributed by atoms with Crippen molar-refractivity contribution in [1.29, 1.82) is 0 Å². The molecule has 0 atom stereocenters. The van der Waals surface area contributed by atoms with Crippen molar-refractivity contribution in [2.75, 3.05) is 11.1 Å². The van der Waals surface area contributed by atoms with Gasteiger partial charge in [0.1, 0.15) is 17.3 Å². The van der Waals surface area contributed by atoms with E-state index in [9.17, 15) is 13.6 Å². The maximum absolute atomic E-state index is 13.3. The number of benzene rings is 1. The summed E-state index contributed by atoms with van der Waals surface area (Å²) in [5.74, 6) is -2.03. The summed E-state index contributed by atoms with van der Waals surface area (Å²) in [7, 11) is 0. The number of aromatic nitrogens is 1. The number of hydrogen-bond acceptors (Lipinski definition) is 3. The Hall–Kier alpha value is -2.50. The zero-order chi connectivity index (χ0) is 13.1. The molecule has 0 aliphatic heterocycles. The lowest BCUT2D eigenvalue weighted by Crippen LogP contribution is -2.15. The number of carbonyl (C=O) groups is 1. The summed E-state index contributed by atoms with van der Waals surface area (Å²) >= 11 is 0. The first-order valence-electron chi connectivity index (χ1n) is 5.04. The van der Waals surface area contributed by atoms with Crippen LogP contribution < -0.4 is 11.1 Å². The Morgan fingerprint density at radius 2 is 2.00 bits per heavy atom. The molecule has 0 aliphatic rings. The van der Waals surface area contributed by atoms with E-state index in [1.165, 1.54) is 18.3 Å². The van der Waals surface area contributed by atoms with Gasteiger partial charge in [0.25, 0.3) is 5.91 Å². The van der Waals surface area contributed by atoms with Crippen molar-refractivity contribution in [3.8, 4) is 0 Å². The predicted octanol–water partition coefficient (Wildman–Crippen LogP) is 2.19. The molecule has 1 aromatic heterocycles. The van der Waals surface area contributed by atoms with Crippen LogP contribution in [0.4, 0.5) is 20.2 Å². The molecule has 0 saturated heterocycles. The van der Waals surface area contributed by atoms with Gasteiger partial charge in [-0.3, -0.25) is 9.78 Å². The highest BCUT2D eigenvalue weighted by molar-refractivity contribution is 6.03. The second-order valence-electron chi connectivity index (χ2n) is 3.55. The van der Waals surface area contributed by atoms with Crippen LogP contribution in [0.3, 0.4) is 0 Å². The Labute approximate surface area is 101 Å². The molecular formula is C12H9F2N3O. The molecular weight excluding hydrogens is 240 g/mol. The van der Waals surface area contributed by atoms with E-state index in [-0.39, 0.29) is 11.4 Å². The average molecular weight is 249 g/mol. The van der Waals surface area contributed by atoms with Crippen LogP contribution in [0.2, 0.25) is 0 Å². The van der Waals surface area contributed by atoms with Crippen molar-refractivity contribution < 1.29 is 13.6 Å². The summed E-state index contributed by atoms with van der Waals surface area (Å²) in [6.45, 7) is 0. The topological polar surface area (TPSA) is 68.0 Å². The van der Waals surface area contributed by atoms with Crippen LogP contribution in [0, 0.1) is 11.6 Å². The Kier molecular flexibility index (Phi) is 3.18.